The summed E-state index contributed by atoms with van der Waals surface area (Å²) in [5.74, 6) is -1.39. The molecule has 1 aromatic carbocycles. The smallest absolute Gasteiger partial charge is 0.352 e. The largest absolute Gasteiger partial charge is 0.477 e. The number of hydrogen-bond acceptors (Lipinski definition) is 2. The van der Waals surface area contributed by atoms with Gasteiger partial charge in [0.15, 0.2) is 5.78 Å². The molecule has 0 bridgehead atoms. The third-order valence-corrected chi connectivity index (χ3v) is 3.98. The van der Waals surface area contributed by atoms with Gasteiger partial charge >= 0.3 is 5.97 Å². The second-order valence-electron chi connectivity index (χ2n) is 3.96. The minimum atomic E-state index is -1.08. The lowest BCUT2D eigenvalue weighted by atomic mass is 10.1. The van der Waals surface area contributed by atoms with Crippen LogP contribution in [0.2, 0.25) is 5.02 Å². The highest BCUT2D eigenvalue weighted by atomic mass is 79.9. The first-order valence-electron chi connectivity index (χ1n) is 5.30. The van der Waals surface area contributed by atoms with Crippen LogP contribution in [0.1, 0.15) is 26.4 Å². The van der Waals surface area contributed by atoms with Crippen molar-refractivity contribution in [2.75, 3.05) is 0 Å². The number of carbonyl (C=O) groups is 2. The van der Waals surface area contributed by atoms with E-state index in [2.05, 4.69) is 15.9 Å². The molecule has 0 fully saturated rings. The summed E-state index contributed by atoms with van der Waals surface area (Å²) in [5.41, 5.74) is 0.674. The Morgan fingerprint density at radius 2 is 2.05 bits per heavy atom. The van der Waals surface area contributed by atoms with Gasteiger partial charge in [0, 0.05) is 28.8 Å². The third kappa shape index (κ3) is 2.57. The molecule has 98 valence electrons. The van der Waals surface area contributed by atoms with Crippen LogP contribution in [0.25, 0.3) is 0 Å². The summed E-state index contributed by atoms with van der Waals surface area (Å²) in [5, 5.41) is 9.28. The van der Waals surface area contributed by atoms with Crippen LogP contribution >= 0.6 is 27.5 Å². The van der Waals surface area contributed by atoms with E-state index in [0.717, 1.165) is 0 Å². The fourth-order valence-electron chi connectivity index (χ4n) is 1.74. The molecule has 4 nitrogen and oxygen atoms in total. The number of carboxylic acid groups (broad SMARTS) is 1. The number of aryl methyl sites for hydroxylation is 1. The van der Waals surface area contributed by atoms with Gasteiger partial charge in [-0.05, 0) is 34.1 Å². The highest BCUT2D eigenvalue weighted by Crippen LogP contribution is 2.28. The Balaban J connectivity index is 2.48. The highest BCUT2D eigenvalue weighted by molar-refractivity contribution is 9.10. The summed E-state index contributed by atoms with van der Waals surface area (Å²) in [6.07, 6.45) is 1.48. The van der Waals surface area contributed by atoms with E-state index in [-0.39, 0.29) is 11.5 Å². The first-order valence-corrected chi connectivity index (χ1v) is 6.47. The van der Waals surface area contributed by atoms with Crippen molar-refractivity contribution in [1.82, 2.24) is 4.57 Å². The zero-order valence-corrected chi connectivity index (χ0v) is 12.2. The Morgan fingerprint density at radius 3 is 2.63 bits per heavy atom. The highest BCUT2D eigenvalue weighted by Gasteiger charge is 2.19. The maximum atomic E-state index is 12.3. The van der Waals surface area contributed by atoms with Crippen LogP contribution in [0.4, 0.5) is 0 Å². The summed E-state index contributed by atoms with van der Waals surface area (Å²) in [6.45, 7) is 0. The van der Waals surface area contributed by atoms with Crippen molar-refractivity contribution in [3.05, 3.63) is 56.8 Å². The van der Waals surface area contributed by atoms with Crippen LogP contribution in [0.3, 0.4) is 0 Å². The van der Waals surface area contributed by atoms with E-state index < -0.39 is 5.97 Å². The number of benzene rings is 1. The van der Waals surface area contributed by atoms with Gasteiger partial charge < -0.3 is 9.67 Å². The third-order valence-electron chi connectivity index (χ3n) is 2.68. The Bertz CT molecular complexity index is 679. The molecule has 0 amide bonds. The topological polar surface area (TPSA) is 59.3 Å². The van der Waals surface area contributed by atoms with Crippen LogP contribution in [0.15, 0.2) is 34.9 Å². The molecule has 0 aliphatic carbocycles. The quantitative estimate of drug-likeness (QED) is 0.870. The first-order chi connectivity index (χ1) is 8.91. The summed E-state index contributed by atoms with van der Waals surface area (Å²) in [7, 11) is 1.57. The Hall–Kier alpha value is -1.59. The molecule has 0 radical (unpaired) electrons. The minimum absolute atomic E-state index is 0.0504. The van der Waals surface area contributed by atoms with Gasteiger partial charge in [0.1, 0.15) is 5.69 Å². The van der Waals surface area contributed by atoms with Crippen LogP contribution in [0, 0.1) is 0 Å². The summed E-state index contributed by atoms with van der Waals surface area (Å²) in [4.78, 5) is 23.2. The van der Waals surface area contributed by atoms with E-state index in [1.807, 2.05) is 0 Å². The first kappa shape index (κ1) is 13.8. The monoisotopic (exact) mass is 341 g/mol. The number of ketones is 1. The number of hydrogen-bond donors (Lipinski definition) is 1. The van der Waals surface area contributed by atoms with E-state index in [1.165, 1.54) is 16.8 Å². The molecule has 0 aliphatic heterocycles. The van der Waals surface area contributed by atoms with Crippen molar-refractivity contribution < 1.29 is 14.7 Å². The summed E-state index contributed by atoms with van der Waals surface area (Å²) in [6, 6.07) is 6.36. The fraction of sp³-hybridized carbons (Fsp3) is 0.0769. The van der Waals surface area contributed by atoms with Gasteiger partial charge in [0.05, 0.1) is 5.02 Å². The molecular formula is C13H9BrClNO3. The molecule has 6 heteroatoms. The molecule has 0 spiro atoms. The van der Waals surface area contributed by atoms with E-state index in [1.54, 1.807) is 25.2 Å². The van der Waals surface area contributed by atoms with Crippen molar-refractivity contribution in [2.24, 2.45) is 7.05 Å². The summed E-state index contributed by atoms with van der Waals surface area (Å²) < 4.78 is 2.01. The van der Waals surface area contributed by atoms with Gasteiger partial charge in [-0.15, -0.1) is 0 Å². The zero-order chi connectivity index (χ0) is 14.2. The standard InChI is InChI=1S/C13H9BrClNO3/c1-16-6-7(5-10(16)13(18)19)12(17)8-3-2-4-9(14)11(8)15/h2-6H,1H3,(H,18,19). The van der Waals surface area contributed by atoms with Crippen molar-refractivity contribution in [2.45, 2.75) is 0 Å². The summed E-state index contributed by atoms with van der Waals surface area (Å²) >= 11 is 9.30. The molecule has 19 heavy (non-hydrogen) atoms. The molecule has 0 saturated carbocycles. The van der Waals surface area contributed by atoms with Crippen molar-refractivity contribution in [3.8, 4) is 0 Å². The van der Waals surface area contributed by atoms with Crippen molar-refractivity contribution in [3.63, 3.8) is 0 Å². The molecule has 1 aromatic heterocycles. The molecule has 0 saturated heterocycles. The molecule has 0 unspecified atom stereocenters. The number of carbonyl (C=O) groups excluding carboxylic acids is 1. The maximum Gasteiger partial charge on any atom is 0.352 e. The maximum absolute atomic E-state index is 12.3. The average molecular weight is 343 g/mol. The molecule has 0 atom stereocenters. The molecular weight excluding hydrogens is 334 g/mol. The molecule has 1 heterocycles. The van der Waals surface area contributed by atoms with Crippen LogP contribution in [0.5, 0.6) is 0 Å². The number of nitrogens with zero attached hydrogens (tertiary/aromatic N) is 1. The Labute approximate surface area is 122 Å². The Kier molecular flexibility index (Phi) is 3.78. The predicted molar refractivity (Wildman–Crippen MR) is 75.0 cm³/mol. The zero-order valence-electron chi connectivity index (χ0n) is 9.85. The van der Waals surface area contributed by atoms with Gasteiger partial charge in [0.2, 0.25) is 0 Å². The SMILES string of the molecule is Cn1cc(C(=O)c2cccc(Br)c2Cl)cc1C(=O)O. The molecule has 1 N–H and O–H groups in total. The van der Waals surface area contributed by atoms with E-state index in [0.29, 0.717) is 20.6 Å². The van der Waals surface area contributed by atoms with Gasteiger partial charge in [0.25, 0.3) is 0 Å². The van der Waals surface area contributed by atoms with Crippen LogP contribution < -0.4 is 0 Å². The number of aromatic carboxylic acids is 1. The normalized spacial score (nSPS) is 10.5. The molecule has 2 rings (SSSR count). The number of aromatic nitrogens is 1. The van der Waals surface area contributed by atoms with Crippen molar-refractivity contribution in [1.29, 1.82) is 0 Å². The van der Waals surface area contributed by atoms with Crippen LogP contribution in [-0.4, -0.2) is 21.4 Å². The Morgan fingerprint density at radius 1 is 1.37 bits per heavy atom. The second-order valence-corrected chi connectivity index (χ2v) is 5.19. The fourth-order valence-corrected chi connectivity index (χ4v) is 2.31. The van der Waals surface area contributed by atoms with Crippen LogP contribution in [-0.2, 0) is 7.05 Å². The lowest BCUT2D eigenvalue weighted by molar-refractivity contribution is 0.0686. The van der Waals surface area contributed by atoms with Crippen molar-refractivity contribution >= 4 is 39.3 Å². The number of rotatable bonds is 3. The molecule has 0 aliphatic rings. The second kappa shape index (κ2) is 5.19. The minimum Gasteiger partial charge on any atom is -0.477 e. The van der Waals surface area contributed by atoms with E-state index in [4.69, 9.17) is 16.7 Å². The van der Waals surface area contributed by atoms with E-state index in [9.17, 15) is 9.59 Å². The van der Waals surface area contributed by atoms with Gasteiger partial charge in [-0.25, -0.2) is 4.79 Å². The predicted octanol–water partition coefficient (Wildman–Crippen LogP) is 3.37. The van der Waals surface area contributed by atoms with E-state index >= 15 is 0 Å². The average Bonchev–Trinajstić information content (AvgIpc) is 2.74. The number of carboxylic acids is 1. The number of halogens is 2. The van der Waals surface area contributed by atoms with Gasteiger partial charge in [-0.2, -0.15) is 0 Å². The lowest BCUT2D eigenvalue weighted by Crippen LogP contribution is -2.02. The van der Waals surface area contributed by atoms with Gasteiger partial charge in [-0.1, -0.05) is 17.7 Å². The van der Waals surface area contributed by atoms with Gasteiger partial charge in [-0.3, -0.25) is 4.79 Å². The lowest BCUT2D eigenvalue weighted by Gasteiger charge is -2.03. The molecule has 2 aromatic rings.